The summed E-state index contributed by atoms with van der Waals surface area (Å²) in [5.74, 6) is 0.255. The van der Waals surface area contributed by atoms with Gasteiger partial charge in [0.25, 0.3) is 0 Å². The first-order valence-corrected chi connectivity index (χ1v) is 8.22. The second-order valence-corrected chi connectivity index (χ2v) is 6.97. The molecule has 2 aromatic carbocycles. The predicted molar refractivity (Wildman–Crippen MR) is 77.9 cm³/mol. The van der Waals surface area contributed by atoms with Gasteiger partial charge in [-0.15, -0.1) is 0 Å². The molecule has 106 valence electrons. The molecule has 3 rings (SSSR count). The van der Waals surface area contributed by atoms with Crippen molar-refractivity contribution in [3.05, 3.63) is 42.5 Å². The summed E-state index contributed by atoms with van der Waals surface area (Å²) in [5.41, 5.74) is 0. The quantitative estimate of drug-likeness (QED) is 0.884. The molecule has 5 heteroatoms. The minimum absolute atomic E-state index is 0.0796. The number of hydrogen-bond donors (Lipinski definition) is 2. The molecule has 0 bridgehead atoms. The van der Waals surface area contributed by atoms with Gasteiger partial charge in [-0.1, -0.05) is 36.4 Å². The van der Waals surface area contributed by atoms with Gasteiger partial charge >= 0.3 is 0 Å². The van der Waals surface area contributed by atoms with Crippen LogP contribution in [-0.2, 0) is 10.0 Å². The lowest BCUT2D eigenvalue weighted by atomic mass is 10.1. The van der Waals surface area contributed by atoms with Gasteiger partial charge in [0.05, 0.1) is 11.0 Å². The van der Waals surface area contributed by atoms with Gasteiger partial charge in [-0.25, -0.2) is 13.1 Å². The Labute approximate surface area is 118 Å². The van der Waals surface area contributed by atoms with E-state index < -0.39 is 16.1 Å². The van der Waals surface area contributed by atoms with E-state index in [-0.39, 0.29) is 17.4 Å². The first-order valence-electron chi connectivity index (χ1n) is 6.73. The van der Waals surface area contributed by atoms with Crippen molar-refractivity contribution in [2.24, 2.45) is 5.92 Å². The number of aliphatic hydroxyl groups is 1. The maximum atomic E-state index is 12.4. The summed E-state index contributed by atoms with van der Waals surface area (Å²) in [5, 5.41) is 11.4. The molecule has 4 nitrogen and oxygen atoms in total. The van der Waals surface area contributed by atoms with Gasteiger partial charge < -0.3 is 5.11 Å². The van der Waals surface area contributed by atoms with Crippen molar-refractivity contribution in [2.75, 3.05) is 6.54 Å². The Bertz CT molecular complexity index is 717. The Morgan fingerprint density at radius 3 is 2.60 bits per heavy atom. The van der Waals surface area contributed by atoms with E-state index in [1.807, 2.05) is 24.3 Å². The summed E-state index contributed by atoms with van der Waals surface area (Å²) in [7, 11) is -3.60. The number of aliphatic hydroxyl groups excluding tert-OH is 1. The first-order chi connectivity index (χ1) is 9.58. The maximum absolute atomic E-state index is 12.4. The third kappa shape index (κ3) is 2.70. The molecule has 1 atom stereocenters. The van der Waals surface area contributed by atoms with Crippen molar-refractivity contribution < 1.29 is 13.5 Å². The second-order valence-electron chi connectivity index (χ2n) is 5.23. The highest BCUT2D eigenvalue weighted by Gasteiger charge is 2.30. The van der Waals surface area contributed by atoms with Crippen molar-refractivity contribution in [2.45, 2.75) is 23.8 Å². The maximum Gasteiger partial charge on any atom is 0.241 e. The lowest BCUT2D eigenvalue weighted by molar-refractivity contribution is 0.155. The molecule has 1 saturated carbocycles. The number of rotatable bonds is 5. The van der Waals surface area contributed by atoms with Crippen LogP contribution in [-0.4, -0.2) is 26.2 Å². The summed E-state index contributed by atoms with van der Waals surface area (Å²) in [6.45, 7) is 0.0796. The zero-order valence-electron chi connectivity index (χ0n) is 11.0. The van der Waals surface area contributed by atoms with Crippen LogP contribution >= 0.6 is 0 Å². The smallest absolute Gasteiger partial charge is 0.241 e. The van der Waals surface area contributed by atoms with Gasteiger partial charge in [-0.3, -0.25) is 0 Å². The fourth-order valence-electron chi connectivity index (χ4n) is 2.35. The number of nitrogens with one attached hydrogen (secondary N) is 1. The molecule has 0 saturated heterocycles. The van der Waals surface area contributed by atoms with Crippen molar-refractivity contribution in [1.82, 2.24) is 4.72 Å². The van der Waals surface area contributed by atoms with Crippen LogP contribution in [0.5, 0.6) is 0 Å². The fourth-order valence-corrected chi connectivity index (χ4v) is 3.63. The summed E-state index contributed by atoms with van der Waals surface area (Å²) in [6.07, 6.45) is 1.38. The Balaban J connectivity index is 1.88. The summed E-state index contributed by atoms with van der Waals surface area (Å²) in [4.78, 5) is 0.263. The van der Waals surface area contributed by atoms with Gasteiger partial charge in [0.15, 0.2) is 0 Å². The molecule has 0 radical (unpaired) electrons. The first kappa shape index (κ1) is 13.5. The molecule has 1 aliphatic rings. The Hall–Kier alpha value is -1.43. The summed E-state index contributed by atoms with van der Waals surface area (Å²) in [6, 6.07) is 12.6. The molecule has 0 spiro atoms. The van der Waals surface area contributed by atoms with Gasteiger partial charge in [0, 0.05) is 11.9 Å². The van der Waals surface area contributed by atoms with E-state index in [1.54, 1.807) is 18.2 Å². The Morgan fingerprint density at radius 2 is 1.85 bits per heavy atom. The average molecular weight is 291 g/mol. The highest BCUT2D eigenvalue weighted by atomic mass is 32.2. The highest BCUT2D eigenvalue weighted by molar-refractivity contribution is 7.89. The van der Waals surface area contributed by atoms with Crippen molar-refractivity contribution in [3.63, 3.8) is 0 Å². The van der Waals surface area contributed by atoms with Crippen LogP contribution in [0.25, 0.3) is 10.8 Å². The van der Waals surface area contributed by atoms with Crippen molar-refractivity contribution in [1.29, 1.82) is 0 Å². The molecule has 0 unspecified atom stereocenters. The summed E-state index contributed by atoms with van der Waals surface area (Å²) < 4.78 is 27.3. The third-order valence-electron chi connectivity index (χ3n) is 3.69. The second kappa shape index (κ2) is 5.16. The molecular weight excluding hydrogens is 274 g/mol. The van der Waals surface area contributed by atoms with Crippen molar-refractivity contribution in [3.8, 4) is 0 Å². The zero-order valence-corrected chi connectivity index (χ0v) is 11.8. The van der Waals surface area contributed by atoms with Crippen LogP contribution in [0.1, 0.15) is 12.8 Å². The number of fused-ring (bicyclic) bond motifs is 1. The lowest BCUT2D eigenvalue weighted by Gasteiger charge is -2.12. The lowest BCUT2D eigenvalue weighted by Crippen LogP contribution is -2.33. The van der Waals surface area contributed by atoms with Crippen LogP contribution < -0.4 is 4.72 Å². The van der Waals surface area contributed by atoms with Crippen LogP contribution in [0.4, 0.5) is 0 Å². The SMILES string of the molecule is O=S(=O)(NC[C@@H](O)C1CC1)c1cccc2ccccc12. The van der Waals surface area contributed by atoms with E-state index in [0.717, 1.165) is 18.2 Å². The van der Waals surface area contributed by atoms with Crippen LogP contribution in [0, 0.1) is 5.92 Å². The van der Waals surface area contributed by atoms with E-state index >= 15 is 0 Å². The van der Waals surface area contributed by atoms with Crippen molar-refractivity contribution >= 4 is 20.8 Å². The van der Waals surface area contributed by atoms with Gasteiger partial charge in [0.1, 0.15) is 0 Å². The fraction of sp³-hybridized carbons (Fsp3) is 0.333. The minimum Gasteiger partial charge on any atom is -0.391 e. The molecule has 0 aliphatic heterocycles. The van der Waals surface area contributed by atoms with Crippen LogP contribution in [0.2, 0.25) is 0 Å². The minimum atomic E-state index is -3.60. The predicted octanol–water partition coefficient (Wildman–Crippen LogP) is 1.89. The van der Waals surface area contributed by atoms with E-state index in [4.69, 9.17) is 0 Å². The topological polar surface area (TPSA) is 66.4 Å². The Kier molecular flexibility index (Phi) is 3.50. The molecule has 0 heterocycles. The molecule has 0 amide bonds. The number of sulfonamides is 1. The molecular formula is C15H17NO3S. The zero-order chi connectivity index (χ0) is 14.2. The normalized spacial score (nSPS) is 17.2. The van der Waals surface area contributed by atoms with Gasteiger partial charge in [-0.05, 0) is 30.2 Å². The van der Waals surface area contributed by atoms with E-state index in [9.17, 15) is 13.5 Å². The molecule has 2 N–H and O–H groups in total. The molecule has 0 aromatic heterocycles. The summed E-state index contributed by atoms with van der Waals surface area (Å²) >= 11 is 0. The molecule has 2 aromatic rings. The largest absolute Gasteiger partial charge is 0.391 e. The molecule has 20 heavy (non-hydrogen) atoms. The standard InChI is InChI=1S/C15H17NO3S/c17-14(12-8-9-12)10-16-20(18,19)15-7-3-5-11-4-1-2-6-13(11)15/h1-7,12,14,16-17H,8-10H2/t14-/m1/s1. The number of hydrogen-bond acceptors (Lipinski definition) is 3. The molecule has 1 fully saturated rings. The van der Waals surface area contributed by atoms with Gasteiger partial charge in [-0.2, -0.15) is 0 Å². The van der Waals surface area contributed by atoms with Gasteiger partial charge in [0.2, 0.25) is 10.0 Å². The van der Waals surface area contributed by atoms with E-state index in [2.05, 4.69) is 4.72 Å². The third-order valence-corrected chi connectivity index (χ3v) is 5.17. The van der Waals surface area contributed by atoms with Crippen LogP contribution in [0.3, 0.4) is 0 Å². The molecule has 1 aliphatic carbocycles. The van der Waals surface area contributed by atoms with E-state index in [0.29, 0.717) is 5.39 Å². The monoisotopic (exact) mass is 291 g/mol. The van der Waals surface area contributed by atoms with E-state index in [1.165, 1.54) is 0 Å². The average Bonchev–Trinajstić information content (AvgIpc) is 3.29. The van der Waals surface area contributed by atoms with Crippen LogP contribution in [0.15, 0.2) is 47.4 Å². The number of benzene rings is 2. The Morgan fingerprint density at radius 1 is 1.15 bits per heavy atom. The highest BCUT2D eigenvalue weighted by Crippen LogP contribution is 2.32.